The lowest BCUT2D eigenvalue weighted by atomic mass is 10.0. The van der Waals surface area contributed by atoms with Crippen molar-refractivity contribution < 1.29 is 4.79 Å². The minimum atomic E-state index is 0.0515. The molecule has 4 unspecified atom stereocenters. The lowest BCUT2D eigenvalue weighted by molar-refractivity contribution is 0.238. The van der Waals surface area contributed by atoms with Crippen LogP contribution in [0.5, 0.6) is 0 Å². The third-order valence-electron chi connectivity index (χ3n) is 4.57. The predicted octanol–water partition coefficient (Wildman–Crippen LogP) is 1.74. The maximum Gasteiger partial charge on any atom is 0.315 e. The summed E-state index contributed by atoms with van der Waals surface area (Å²) in [7, 11) is 0. The molecule has 4 atom stereocenters. The SMILES string of the molecule is CCCNC(=O)NC1C2C3CCC(C3)C12. The van der Waals surface area contributed by atoms with Crippen molar-refractivity contribution in [3.8, 4) is 0 Å². The monoisotopic (exact) mass is 208 g/mol. The molecule has 0 spiro atoms. The Morgan fingerprint density at radius 2 is 1.93 bits per heavy atom. The van der Waals surface area contributed by atoms with Crippen LogP contribution in [0.3, 0.4) is 0 Å². The molecular formula is C12H20N2O. The van der Waals surface area contributed by atoms with Crippen molar-refractivity contribution in [2.75, 3.05) is 6.54 Å². The van der Waals surface area contributed by atoms with E-state index in [4.69, 9.17) is 0 Å². The van der Waals surface area contributed by atoms with Crippen molar-refractivity contribution in [1.82, 2.24) is 10.6 Å². The number of hydrogen-bond donors (Lipinski definition) is 2. The Morgan fingerprint density at radius 3 is 2.53 bits per heavy atom. The van der Waals surface area contributed by atoms with E-state index < -0.39 is 0 Å². The summed E-state index contributed by atoms with van der Waals surface area (Å²) in [6, 6.07) is 0.573. The first kappa shape index (κ1) is 9.49. The first-order valence-corrected chi connectivity index (χ1v) is 6.35. The van der Waals surface area contributed by atoms with Crippen LogP contribution in [0.1, 0.15) is 32.6 Å². The maximum atomic E-state index is 11.5. The van der Waals surface area contributed by atoms with Gasteiger partial charge >= 0.3 is 6.03 Å². The average molecular weight is 208 g/mol. The molecule has 3 aliphatic rings. The van der Waals surface area contributed by atoms with Crippen molar-refractivity contribution in [1.29, 1.82) is 0 Å². The van der Waals surface area contributed by atoms with Crippen molar-refractivity contribution >= 4 is 6.03 Å². The highest BCUT2D eigenvalue weighted by Crippen LogP contribution is 2.65. The van der Waals surface area contributed by atoms with Crippen LogP contribution in [0.2, 0.25) is 0 Å². The number of carbonyl (C=O) groups excluding carboxylic acids is 1. The van der Waals surface area contributed by atoms with E-state index in [1.165, 1.54) is 19.3 Å². The first-order valence-electron chi connectivity index (χ1n) is 6.35. The predicted molar refractivity (Wildman–Crippen MR) is 58.4 cm³/mol. The van der Waals surface area contributed by atoms with Gasteiger partial charge in [-0.05, 0) is 49.4 Å². The molecule has 0 aromatic carbocycles. The van der Waals surface area contributed by atoms with Crippen LogP contribution in [0.25, 0.3) is 0 Å². The van der Waals surface area contributed by atoms with Crippen molar-refractivity contribution in [3.05, 3.63) is 0 Å². The number of rotatable bonds is 3. The van der Waals surface area contributed by atoms with Crippen molar-refractivity contribution in [2.45, 2.75) is 38.6 Å². The Labute approximate surface area is 91.0 Å². The summed E-state index contributed by atoms with van der Waals surface area (Å²) in [6.45, 7) is 2.87. The summed E-state index contributed by atoms with van der Waals surface area (Å²) in [5.41, 5.74) is 0. The molecule has 2 amide bonds. The number of hydrogen-bond acceptors (Lipinski definition) is 1. The highest BCUT2D eigenvalue weighted by atomic mass is 16.2. The molecule has 3 fully saturated rings. The smallest absolute Gasteiger partial charge is 0.315 e. The quantitative estimate of drug-likeness (QED) is 0.728. The van der Waals surface area contributed by atoms with Gasteiger partial charge in [0.15, 0.2) is 0 Å². The Bertz CT molecular complexity index is 263. The molecule has 3 nitrogen and oxygen atoms in total. The van der Waals surface area contributed by atoms with Gasteiger partial charge in [-0.25, -0.2) is 4.79 Å². The first-order chi connectivity index (χ1) is 7.31. The summed E-state index contributed by atoms with van der Waals surface area (Å²) in [6.07, 6.45) is 5.29. The minimum Gasteiger partial charge on any atom is -0.338 e. The van der Waals surface area contributed by atoms with Gasteiger partial charge in [0.25, 0.3) is 0 Å². The van der Waals surface area contributed by atoms with E-state index in [9.17, 15) is 4.79 Å². The molecule has 3 saturated carbocycles. The van der Waals surface area contributed by atoms with Gasteiger partial charge in [-0.3, -0.25) is 0 Å². The molecule has 0 heterocycles. The summed E-state index contributed by atoms with van der Waals surface area (Å²) in [4.78, 5) is 11.5. The van der Waals surface area contributed by atoms with Crippen LogP contribution in [-0.4, -0.2) is 18.6 Å². The van der Waals surface area contributed by atoms with E-state index in [1.807, 2.05) is 0 Å². The lowest BCUT2D eigenvalue weighted by Crippen LogP contribution is -2.39. The fourth-order valence-electron chi connectivity index (χ4n) is 3.96. The molecule has 0 aromatic rings. The number of fused-ring (bicyclic) bond motifs is 5. The third kappa shape index (κ3) is 1.44. The van der Waals surface area contributed by atoms with E-state index in [1.54, 1.807) is 0 Å². The van der Waals surface area contributed by atoms with Gasteiger partial charge in [-0.15, -0.1) is 0 Å². The zero-order valence-corrected chi connectivity index (χ0v) is 9.33. The van der Waals surface area contributed by atoms with E-state index >= 15 is 0 Å². The summed E-state index contributed by atoms with van der Waals surface area (Å²) in [5, 5.41) is 6.03. The largest absolute Gasteiger partial charge is 0.338 e. The van der Waals surface area contributed by atoms with Gasteiger partial charge in [0.2, 0.25) is 0 Å². The van der Waals surface area contributed by atoms with Crippen LogP contribution < -0.4 is 10.6 Å². The Hall–Kier alpha value is -0.730. The average Bonchev–Trinajstić information content (AvgIpc) is 2.65. The maximum absolute atomic E-state index is 11.5. The zero-order valence-electron chi connectivity index (χ0n) is 9.33. The molecule has 3 rings (SSSR count). The molecule has 3 aliphatic carbocycles. The van der Waals surface area contributed by atoms with Crippen LogP contribution in [0.15, 0.2) is 0 Å². The molecule has 15 heavy (non-hydrogen) atoms. The highest BCUT2D eigenvalue weighted by molar-refractivity contribution is 5.74. The zero-order chi connectivity index (χ0) is 10.4. The van der Waals surface area contributed by atoms with E-state index in [-0.39, 0.29) is 6.03 Å². The Balaban J connectivity index is 1.49. The minimum absolute atomic E-state index is 0.0515. The normalized spacial score (nSPS) is 45.0. The molecule has 3 heteroatoms. The second-order valence-corrected chi connectivity index (χ2v) is 5.41. The summed E-state index contributed by atoms with van der Waals surface area (Å²) >= 11 is 0. The van der Waals surface area contributed by atoms with E-state index in [0.29, 0.717) is 6.04 Å². The van der Waals surface area contributed by atoms with Crippen LogP contribution in [0.4, 0.5) is 4.79 Å². The standard InChI is InChI=1S/C12H20N2O/c1-2-5-13-12(15)14-11-9-7-3-4-8(6-7)10(9)11/h7-11H,2-6H2,1H3,(H2,13,14,15). The fourth-order valence-corrected chi connectivity index (χ4v) is 3.96. The van der Waals surface area contributed by atoms with E-state index in [2.05, 4.69) is 17.6 Å². The van der Waals surface area contributed by atoms with Gasteiger partial charge in [0.1, 0.15) is 0 Å². The Morgan fingerprint density at radius 1 is 1.27 bits per heavy atom. The molecule has 0 saturated heterocycles. The van der Waals surface area contributed by atoms with Crippen LogP contribution in [0, 0.1) is 23.7 Å². The highest BCUT2D eigenvalue weighted by Gasteiger charge is 2.65. The molecule has 0 radical (unpaired) electrons. The fraction of sp³-hybridized carbons (Fsp3) is 0.917. The topological polar surface area (TPSA) is 41.1 Å². The summed E-state index contributed by atoms with van der Waals surface area (Å²) < 4.78 is 0. The van der Waals surface area contributed by atoms with Crippen molar-refractivity contribution in [2.24, 2.45) is 23.7 Å². The second kappa shape index (κ2) is 3.39. The van der Waals surface area contributed by atoms with Crippen molar-refractivity contribution in [3.63, 3.8) is 0 Å². The number of carbonyl (C=O) groups is 1. The molecule has 0 aliphatic heterocycles. The third-order valence-corrected chi connectivity index (χ3v) is 4.57. The molecule has 0 aromatic heterocycles. The van der Waals surface area contributed by atoms with Crippen LogP contribution >= 0.6 is 0 Å². The summed E-state index contributed by atoms with van der Waals surface area (Å²) in [5.74, 6) is 3.57. The van der Waals surface area contributed by atoms with Gasteiger partial charge in [0, 0.05) is 12.6 Å². The second-order valence-electron chi connectivity index (χ2n) is 5.41. The number of nitrogens with one attached hydrogen (secondary N) is 2. The lowest BCUT2D eigenvalue weighted by Gasteiger charge is -2.11. The number of urea groups is 1. The van der Waals surface area contributed by atoms with Gasteiger partial charge in [-0.2, -0.15) is 0 Å². The van der Waals surface area contributed by atoms with Gasteiger partial charge in [0.05, 0.1) is 0 Å². The molecule has 2 bridgehead atoms. The molecule has 84 valence electrons. The number of amides is 2. The van der Waals surface area contributed by atoms with Gasteiger partial charge in [-0.1, -0.05) is 6.92 Å². The molecule has 2 N–H and O–H groups in total. The Kier molecular flexibility index (Phi) is 2.15. The van der Waals surface area contributed by atoms with Crippen LogP contribution in [-0.2, 0) is 0 Å². The van der Waals surface area contributed by atoms with Gasteiger partial charge < -0.3 is 10.6 Å². The molecular weight excluding hydrogens is 188 g/mol. The van der Waals surface area contributed by atoms with E-state index in [0.717, 1.165) is 36.6 Å².